The summed E-state index contributed by atoms with van der Waals surface area (Å²) < 4.78 is 31.3. The fourth-order valence-electron chi connectivity index (χ4n) is 2.57. The zero-order valence-corrected chi connectivity index (χ0v) is 18.6. The average molecular weight is 449 g/mol. The van der Waals surface area contributed by atoms with Gasteiger partial charge in [0.25, 0.3) is 0 Å². The molecule has 11 heteroatoms. The molecule has 1 N–H and O–H groups in total. The van der Waals surface area contributed by atoms with Gasteiger partial charge in [-0.15, -0.1) is 0 Å². The number of carbonyl (C=O) groups excluding carboxylic acids is 2. The molecule has 0 aliphatic rings. The Morgan fingerprint density at radius 1 is 1.00 bits per heavy atom. The minimum atomic E-state index is -0.738. The minimum absolute atomic E-state index is 0.121. The van der Waals surface area contributed by atoms with Crippen molar-refractivity contribution in [2.45, 2.75) is 6.10 Å². The van der Waals surface area contributed by atoms with Crippen LogP contribution < -0.4 is 24.4 Å². The molecule has 1 heterocycles. The van der Waals surface area contributed by atoms with Crippen molar-refractivity contribution in [1.29, 1.82) is 0 Å². The smallest absolute Gasteiger partial charge is 0.415 e. The number of hydrogen-bond acceptors (Lipinski definition) is 9. The van der Waals surface area contributed by atoms with E-state index in [0.717, 1.165) is 0 Å². The van der Waals surface area contributed by atoms with Crippen molar-refractivity contribution in [3.8, 4) is 17.2 Å². The number of hydrogen-bond donors (Lipinski definition) is 1. The van der Waals surface area contributed by atoms with Gasteiger partial charge in [-0.05, 0) is 12.1 Å². The van der Waals surface area contributed by atoms with Crippen LogP contribution in [0.2, 0.25) is 0 Å². The molecule has 0 aliphatic carbocycles. The van der Waals surface area contributed by atoms with Gasteiger partial charge in [0.1, 0.15) is 25.1 Å². The first-order valence-electron chi connectivity index (χ1n) is 9.51. The number of anilines is 2. The largest absolute Gasteiger partial charge is 0.493 e. The van der Waals surface area contributed by atoms with Crippen molar-refractivity contribution in [2.75, 3.05) is 58.9 Å². The van der Waals surface area contributed by atoms with E-state index in [1.165, 1.54) is 40.4 Å². The first kappa shape index (κ1) is 24.5. The van der Waals surface area contributed by atoms with Gasteiger partial charge in [-0.1, -0.05) is 6.07 Å². The molecule has 1 atom stereocenters. The lowest BCUT2D eigenvalue weighted by molar-refractivity contribution is -0.000745. The topological polar surface area (TPSA) is 118 Å². The van der Waals surface area contributed by atoms with Gasteiger partial charge in [-0.3, -0.25) is 10.2 Å². The standard InChI is InChI=1S/C21H27N3O8/c1-24(18-8-6-7-9-22-18)21(26)32-13-15(27-2)12-31-20(25)23-14-10-16(28-3)19(30-5)17(11-14)29-4/h6-11,15H,12-13H2,1-5H3,(H,23,25). The van der Waals surface area contributed by atoms with E-state index in [1.807, 2.05) is 0 Å². The Balaban J connectivity index is 1.87. The van der Waals surface area contributed by atoms with Crippen LogP contribution in [0.25, 0.3) is 0 Å². The van der Waals surface area contributed by atoms with E-state index in [-0.39, 0.29) is 13.2 Å². The summed E-state index contributed by atoms with van der Waals surface area (Å²) in [6.45, 7) is -0.267. The van der Waals surface area contributed by atoms with Crippen LogP contribution in [0.3, 0.4) is 0 Å². The molecule has 11 nitrogen and oxygen atoms in total. The molecule has 0 saturated carbocycles. The molecule has 0 fully saturated rings. The van der Waals surface area contributed by atoms with Gasteiger partial charge in [0.2, 0.25) is 5.75 Å². The fourth-order valence-corrected chi connectivity index (χ4v) is 2.57. The lowest BCUT2D eigenvalue weighted by Gasteiger charge is -2.19. The Morgan fingerprint density at radius 2 is 1.66 bits per heavy atom. The molecule has 174 valence electrons. The van der Waals surface area contributed by atoms with Gasteiger partial charge in [0, 0.05) is 32.5 Å². The van der Waals surface area contributed by atoms with Crippen LogP contribution in [0.4, 0.5) is 21.1 Å². The van der Waals surface area contributed by atoms with Gasteiger partial charge in [-0.2, -0.15) is 0 Å². The summed E-state index contributed by atoms with van der Waals surface area (Å²) in [5.74, 6) is 1.58. The van der Waals surface area contributed by atoms with E-state index in [9.17, 15) is 9.59 Å². The highest BCUT2D eigenvalue weighted by Crippen LogP contribution is 2.39. The maximum atomic E-state index is 12.2. The highest BCUT2D eigenvalue weighted by molar-refractivity contribution is 5.86. The molecule has 32 heavy (non-hydrogen) atoms. The third-order valence-corrected chi connectivity index (χ3v) is 4.30. The van der Waals surface area contributed by atoms with Gasteiger partial charge in [-0.25, -0.2) is 14.6 Å². The quantitative estimate of drug-likeness (QED) is 0.584. The van der Waals surface area contributed by atoms with Gasteiger partial charge < -0.3 is 28.4 Å². The second kappa shape index (κ2) is 12.2. The summed E-state index contributed by atoms with van der Waals surface area (Å²) in [7, 11) is 7.37. The molecule has 1 aromatic heterocycles. The Bertz CT molecular complexity index is 869. The molecule has 2 rings (SSSR count). The van der Waals surface area contributed by atoms with E-state index < -0.39 is 18.3 Å². The van der Waals surface area contributed by atoms with Crippen molar-refractivity contribution < 1.29 is 38.0 Å². The molecule has 2 aromatic rings. The zero-order chi connectivity index (χ0) is 23.5. The number of rotatable bonds is 10. The van der Waals surface area contributed by atoms with E-state index in [4.69, 9.17) is 28.4 Å². The van der Waals surface area contributed by atoms with Crippen LogP contribution in [0.1, 0.15) is 0 Å². The van der Waals surface area contributed by atoms with E-state index in [0.29, 0.717) is 28.8 Å². The molecule has 2 amide bonds. The molecule has 0 aliphatic heterocycles. The summed E-state index contributed by atoms with van der Waals surface area (Å²) in [6, 6.07) is 8.29. The normalized spacial score (nSPS) is 11.2. The summed E-state index contributed by atoms with van der Waals surface area (Å²) in [4.78, 5) is 29.7. The van der Waals surface area contributed by atoms with E-state index in [2.05, 4.69) is 10.3 Å². The Morgan fingerprint density at radius 3 is 2.19 bits per heavy atom. The SMILES string of the molecule is COc1cc(NC(=O)OCC(COC(=O)N(C)c2ccccn2)OC)cc(OC)c1OC. The summed E-state index contributed by atoms with van der Waals surface area (Å²) >= 11 is 0. The molecular formula is C21H27N3O8. The number of pyridine rings is 1. The number of nitrogens with zero attached hydrogens (tertiary/aromatic N) is 2. The van der Waals surface area contributed by atoms with Crippen molar-refractivity contribution in [2.24, 2.45) is 0 Å². The molecule has 1 aromatic carbocycles. The number of methoxy groups -OCH3 is 4. The van der Waals surface area contributed by atoms with Crippen molar-refractivity contribution >= 4 is 23.7 Å². The van der Waals surface area contributed by atoms with Crippen LogP contribution in [0, 0.1) is 0 Å². The third-order valence-electron chi connectivity index (χ3n) is 4.30. The van der Waals surface area contributed by atoms with Crippen LogP contribution >= 0.6 is 0 Å². The number of amides is 2. The van der Waals surface area contributed by atoms with Crippen molar-refractivity contribution in [3.05, 3.63) is 36.5 Å². The molecule has 0 bridgehead atoms. The monoisotopic (exact) mass is 449 g/mol. The first-order valence-corrected chi connectivity index (χ1v) is 9.51. The van der Waals surface area contributed by atoms with Crippen molar-refractivity contribution in [3.63, 3.8) is 0 Å². The van der Waals surface area contributed by atoms with Crippen LogP contribution in [-0.4, -0.2) is 72.0 Å². The number of benzene rings is 1. The maximum Gasteiger partial charge on any atom is 0.415 e. The molecule has 1 unspecified atom stereocenters. The molecular weight excluding hydrogens is 422 g/mol. The zero-order valence-electron chi connectivity index (χ0n) is 18.6. The molecule has 0 saturated heterocycles. The Labute approximate surface area is 186 Å². The maximum absolute atomic E-state index is 12.2. The van der Waals surface area contributed by atoms with Crippen molar-refractivity contribution in [1.82, 2.24) is 4.98 Å². The van der Waals surface area contributed by atoms with E-state index >= 15 is 0 Å². The van der Waals surface area contributed by atoms with Crippen LogP contribution in [0.5, 0.6) is 17.2 Å². The number of aromatic nitrogens is 1. The second-order valence-electron chi connectivity index (χ2n) is 6.32. The predicted octanol–water partition coefficient (Wildman–Crippen LogP) is 2.94. The average Bonchev–Trinajstić information content (AvgIpc) is 2.83. The lowest BCUT2D eigenvalue weighted by atomic mass is 10.2. The van der Waals surface area contributed by atoms with Gasteiger partial charge >= 0.3 is 12.2 Å². The van der Waals surface area contributed by atoms with Gasteiger partial charge in [0.15, 0.2) is 11.5 Å². The number of carbonyl (C=O) groups is 2. The summed E-state index contributed by atoms with van der Waals surface area (Å²) in [5.41, 5.74) is 0.377. The minimum Gasteiger partial charge on any atom is -0.493 e. The lowest BCUT2D eigenvalue weighted by Crippen LogP contribution is -2.33. The number of nitrogens with one attached hydrogen (secondary N) is 1. The van der Waals surface area contributed by atoms with Crippen LogP contribution in [0.15, 0.2) is 36.5 Å². The highest BCUT2D eigenvalue weighted by Gasteiger charge is 2.19. The number of ether oxygens (including phenoxy) is 6. The van der Waals surface area contributed by atoms with E-state index in [1.54, 1.807) is 36.5 Å². The third kappa shape index (κ3) is 6.64. The predicted molar refractivity (Wildman–Crippen MR) is 116 cm³/mol. The fraction of sp³-hybridized carbons (Fsp3) is 0.381. The second-order valence-corrected chi connectivity index (χ2v) is 6.32. The molecule has 0 radical (unpaired) electrons. The summed E-state index contributed by atoms with van der Waals surface area (Å²) in [5, 5.41) is 2.57. The summed E-state index contributed by atoms with van der Waals surface area (Å²) in [6.07, 6.45) is -0.454. The Hall–Kier alpha value is -3.73. The van der Waals surface area contributed by atoms with Crippen LogP contribution in [-0.2, 0) is 14.2 Å². The van der Waals surface area contributed by atoms with Gasteiger partial charge in [0.05, 0.1) is 27.0 Å². The first-order chi connectivity index (χ1) is 15.4. The Kier molecular flexibility index (Phi) is 9.36. The molecule has 0 spiro atoms. The highest BCUT2D eigenvalue weighted by atomic mass is 16.6.